The number of carboxylic acid groups (broad SMARTS) is 1. The number of aliphatic carboxylic acids is 1. The normalized spacial score (nSPS) is 14.3. The summed E-state index contributed by atoms with van der Waals surface area (Å²) in [5.74, 6) is -1.47. The lowest BCUT2D eigenvalue weighted by Gasteiger charge is -2.33. The van der Waals surface area contributed by atoms with Gasteiger partial charge < -0.3 is 25.5 Å². The fourth-order valence-electron chi connectivity index (χ4n) is 5.47. The van der Waals surface area contributed by atoms with Crippen molar-refractivity contribution in [1.29, 1.82) is 0 Å². The van der Waals surface area contributed by atoms with E-state index < -0.39 is 17.9 Å². The van der Waals surface area contributed by atoms with Crippen molar-refractivity contribution in [2.24, 2.45) is 5.92 Å². The van der Waals surface area contributed by atoms with Crippen LogP contribution < -0.4 is 10.2 Å². The van der Waals surface area contributed by atoms with Crippen molar-refractivity contribution < 1.29 is 24.9 Å². The monoisotopic (exact) mass is 580 g/mol. The molecule has 1 atom stereocenters. The first kappa shape index (κ1) is 29.7. The number of nitrogens with one attached hydrogen (secondary N) is 1. The second kappa shape index (κ2) is 13.5. The highest BCUT2D eigenvalue weighted by Crippen LogP contribution is 2.29. The summed E-state index contributed by atoms with van der Waals surface area (Å²) in [6, 6.07) is 24.3. The van der Waals surface area contributed by atoms with Crippen LogP contribution in [0.1, 0.15) is 46.0 Å². The molecule has 0 saturated carbocycles. The van der Waals surface area contributed by atoms with Crippen LogP contribution in [0, 0.1) is 12.8 Å². The van der Waals surface area contributed by atoms with Gasteiger partial charge in [0, 0.05) is 31.6 Å². The van der Waals surface area contributed by atoms with E-state index >= 15 is 0 Å². The van der Waals surface area contributed by atoms with Gasteiger partial charge in [0.1, 0.15) is 11.9 Å². The first-order chi connectivity index (χ1) is 20.8. The summed E-state index contributed by atoms with van der Waals surface area (Å²) < 4.78 is 0. The van der Waals surface area contributed by atoms with Gasteiger partial charge in [0.15, 0.2) is 11.4 Å². The Morgan fingerprint density at radius 1 is 0.907 bits per heavy atom. The molecule has 1 fully saturated rings. The summed E-state index contributed by atoms with van der Waals surface area (Å²) in [4.78, 5) is 36.1. The zero-order valence-corrected chi connectivity index (χ0v) is 24.1. The summed E-state index contributed by atoms with van der Waals surface area (Å²) in [6.45, 7) is 3.40. The number of aryl methyl sites for hydroxylation is 1. The SMILES string of the molecule is Cc1nc(CC2CCN(c3ccc(-c4ccc(CO)cc4)cc3)CC2)nc(C(=O)NC(Cc2ccccc2)C(=O)O)c1O. The molecule has 9 heteroatoms. The van der Waals surface area contributed by atoms with Crippen LogP contribution in [0.25, 0.3) is 11.1 Å². The van der Waals surface area contributed by atoms with Crippen molar-refractivity contribution in [3.63, 3.8) is 0 Å². The Bertz CT molecular complexity index is 1550. The number of hydrogen-bond donors (Lipinski definition) is 4. The Morgan fingerprint density at radius 2 is 1.53 bits per heavy atom. The van der Waals surface area contributed by atoms with Gasteiger partial charge in [-0.05, 0) is 60.1 Å². The minimum absolute atomic E-state index is 0.0343. The Hall–Kier alpha value is -4.76. The molecule has 2 heterocycles. The first-order valence-corrected chi connectivity index (χ1v) is 14.5. The molecule has 4 N–H and O–H groups in total. The molecule has 1 saturated heterocycles. The minimum Gasteiger partial charge on any atom is -0.504 e. The number of rotatable bonds is 10. The highest BCUT2D eigenvalue weighted by molar-refractivity contribution is 5.97. The third-order valence-corrected chi connectivity index (χ3v) is 7.99. The van der Waals surface area contributed by atoms with Gasteiger partial charge in [-0.1, -0.05) is 66.7 Å². The maximum atomic E-state index is 13.1. The lowest BCUT2D eigenvalue weighted by Crippen LogP contribution is -2.42. The van der Waals surface area contributed by atoms with E-state index in [1.807, 2.05) is 42.5 Å². The number of piperidine rings is 1. The smallest absolute Gasteiger partial charge is 0.326 e. The van der Waals surface area contributed by atoms with Crippen molar-refractivity contribution in [2.75, 3.05) is 18.0 Å². The van der Waals surface area contributed by atoms with Crippen LogP contribution in [0.4, 0.5) is 5.69 Å². The van der Waals surface area contributed by atoms with Crippen LogP contribution >= 0.6 is 0 Å². The quantitative estimate of drug-likeness (QED) is 0.215. The number of amides is 1. The third kappa shape index (κ3) is 7.37. The number of aliphatic hydroxyl groups is 1. The molecule has 3 aromatic carbocycles. The Balaban J connectivity index is 1.20. The summed E-state index contributed by atoms with van der Waals surface area (Å²) in [5.41, 5.74) is 5.13. The van der Waals surface area contributed by atoms with E-state index in [0.717, 1.165) is 53.9 Å². The maximum Gasteiger partial charge on any atom is 0.326 e. The standard InChI is InChI=1S/C34H36N4O5/c1-22-32(40)31(33(41)36-29(34(42)43)19-23-5-3-2-4-6-23)37-30(35-22)20-24-15-17-38(18-16-24)28-13-11-27(12-14-28)26-9-7-25(21-39)8-10-26/h2-14,24,29,39-40H,15-21H2,1H3,(H,36,41)(H,42,43). The lowest BCUT2D eigenvalue weighted by molar-refractivity contribution is -0.139. The molecule has 4 aromatic rings. The van der Waals surface area contributed by atoms with E-state index in [9.17, 15) is 24.9 Å². The molecule has 222 valence electrons. The molecule has 1 amide bonds. The molecular weight excluding hydrogens is 544 g/mol. The molecule has 0 bridgehead atoms. The third-order valence-electron chi connectivity index (χ3n) is 7.99. The number of carbonyl (C=O) groups excluding carboxylic acids is 1. The molecular formula is C34H36N4O5. The summed E-state index contributed by atoms with van der Waals surface area (Å²) in [7, 11) is 0. The second-order valence-electron chi connectivity index (χ2n) is 11.0. The van der Waals surface area contributed by atoms with Gasteiger partial charge in [0.05, 0.1) is 12.3 Å². The summed E-state index contributed by atoms with van der Waals surface area (Å²) in [5, 5.41) is 32.0. The van der Waals surface area contributed by atoms with Gasteiger partial charge in [0.25, 0.3) is 5.91 Å². The number of benzene rings is 3. The molecule has 43 heavy (non-hydrogen) atoms. The van der Waals surface area contributed by atoms with Crippen LogP contribution in [0.2, 0.25) is 0 Å². The fraction of sp³-hybridized carbons (Fsp3) is 0.294. The molecule has 1 aromatic heterocycles. The van der Waals surface area contributed by atoms with E-state index in [4.69, 9.17) is 0 Å². The number of nitrogens with zero attached hydrogens (tertiary/aromatic N) is 3. The lowest BCUT2D eigenvalue weighted by atomic mass is 9.92. The predicted molar refractivity (Wildman–Crippen MR) is 164 cm³/mol. The number of aromatic hydroxyl groups is 1. The van der Waals surface area contributed by atoms with Crippen LogP contribution in [0.5, 0.6) is 5.75 Å². The fourth-order valence-corrected chi connectivity index (χ4v) is 5.47. The Labute approximate surface area is 250 Å². The second-order valence-corrected chi connectivity index (χ2v) is 11.0. The zero-order chi connectivity index (χ0) is 30.3. The number of aliphatic hydroxyl groups excluding tert-OH is 1. The molecule has 1 aliphatic heterocycles. The number of hydrogen-bond acceptors (Lipinski definition) is 7. The molecule has 0 radical (unpaired) electrons. The largest absolute Gasteiger partial charge is 0.504 e. The van der Waals surface area contributed by atoms with Crippen LogP contribution in [-0.2, 0) is 24.2 Å². The summed E-state index contributed by atoms with van der Waals surface area (Å²) in [6.07, 6.45) is 2.52. The van der Waals surface area contributed by atoms with Gasteiger partial charge in [-0.2, -0.15) is 0 Å². The summed E-state index contributed by atoms with van der Waals surface area (Å²) >= 11 is 0. The molecule has 5 rings (SSSR count). The zero-order valence-electron chi connectivity index (χ0n) is 24.1. The Morgan fingerprint density at radius 3 is 2.14 bits per heavy atom. The number of aromatic nitrogens is 2. The number of carboxylic acids is 1. The van der Waals surface area contributed by atoms with Crippen LogP contribution in [-0.4, -0.2) is 56.3 Å². The molecule has 1 unspecified atom stereocenters. The predicted octanol–water partition coefficient (Wildman–Crippen LogP) is 4.53. The van der Waals surface area contributed by atoms with E-state index in [0.29, 0.717) is 18.2 Å². The van der Waals surface area contributed by atoms with Crippen molar-refractivity contribution in [3.8, 4) is 16.9 Å². The van der Waals surface area contributed by atoms with Gasteiger partial charge in [0.2, 0.25) is 0 Å². The van der Waals surface area contributed by atoms with Crippen LogP contribution in [0.3, 0.4) is 0 Å². The Kier molecular flexibility index (Phi) is 9.32. The van der Waals surface area contributed by atoms with Gasteiger partial charge >= 0.3 is 5.97 Å². The van der Waals surface area contributed by atoms with E-state index in [2.05, 4.69) is 44.5 Å². The molecule has 1 aliphatic rings. The van der Waals surface area contributed by atoms with Gasteiger partial charge in [-0.15, -0.1) is 0 Å². The van der Waals surface area contributed by atoms with Crippen molar-refractivity contribution in [1.82, 2.24) is 15.3 Å². The average Bonchev–Trinajstić information content (AvgIpc) is 3.03. The van der Waals surface area contributed by atoms with E-state index in [-0.39, 0.29) is 30.2 Å². The number of anilines is 1. The van der Waals surface area contributed by atoms with Crippen LogP contribution in [0.15, 0.2) is 78.9 Å². The maximum absolute atomic E-state index is 13.1. The van der Waals surface area contributed by atoms with E-state index in [1.165, 1.54) is 0 Å². The van der Waals surface area contributed by atoms with Crippen molar-refractivity contribution >= 4 is 17.6 Å². The highest BCUT2D eigenvalue weighted by atomic mass is 16.4. The number of carbonyl (C=O) groups is 2. The molecule has 0 aliphatic carbocycles. The first-order valence-electron chi connectivity index (χ1n) is 14.5. The highest BCUT2D eigenvalue weighted by Gasteiger charge is 2.26. The van der Waals surface area contributed by atoms with Gasteiger partial charge in [-0.25, -0.2) is 14.8 Å². The average molecular weight is 581 g/mol. The van der Waals surface area contributed by atoms with Gasteiger partial charge in [-0.3, -0.25) is 4.79 Å². The molecule has 9 nitrogen and oxygen atoms in total. The topological polar surface area (TPSA) is 136 Å². The minimum atomic E-state index is -1.17. The van der Waals surface area contributed by atoms with Crippen molar-refractivity contribution in [2.45, 2.75) is 45.3 Å². The molecule has 0 spiro atoms. The van der Waals surface area contributed by atoms with E-state index in [1.54, 1.807) is 19.1 Å². The van der Waals surface area contributed by atoms with Crippen molar-refractivity contribution in [3.05, 3.63) is 107 Å².